The van der Waals surface area contributed by atoms with Crippen LogP contribution in [0.3, 0.4) is 0 Å². The van der Waals surface area contributed by atoms with E-state index in [9.17, 15) is 14.4 Å². The molecule has 4 N–H and O–H groups in total. The number of carboxylic acid groups (broad SMARTS) is 1. The van der Waals surface area contributed by atoms with E-state index < -0.39 is 6.04 Å². The Morgan fingerprint density at radius 1 is 0.975 bits per heavy atom. The van der Waals surface area contributed by atoms with E-state index in [4.69, 9.17) is 9.90 Å². The van der Waals surface area contributed by atoms with E-state index >= 15 is 0 Å². The van der Waals surface area contributed by atoms with Gasteiger partial charge in [-0.05, 0) is 76.5 Å². The second-order valence-electron chi connectivity index (χ2n) is 12.5. The van der Waals surface area contributed by atoms with Gasteiger partial charge in [0.2, 0.25) is 18.2 Å². The minimum atomic E-state index is -0.577. The molecule has 11 nitrogen and oxygen atoms in total. The molecular weight excluding hydrogens is 514 g/mol. The van der Waals surface area contributed by atoms with Gasteiger partial charge in [0.15, 0.2) is 0 Å². The Labute approximate surface area is 241 Å². The zero-order chi connectivity index (χ0) is 29.6. The highest BCUT2D eigenvalue weighted by Crippen LogP contribution is 2.26. The highest BCUT2D eigenvalue weighted by atomic mass is 16.3. The Kier molecular flexibility index (Phi) is 17.9. The number of nitrogens with zero attached hydrogens (tertiary/aromatic N) is 4. The highest BCUT2D eigenvalue weighted by molar-refractivity contribution is 5.85. The molecule has 0 radical (unpaired) electrons. The molecule has 11 heteroatoms. The molecule has 0 aromatic rings. The van der Waals surface area contributed by atoms with Crippen LogP contribution in [-0.2, 0) is 19.2 Å². The summed E-state index contributed by atoms with van der Waals surface area (Å²) in [5.41, 5.74) is -0.379. The lowest BCUT2D eigenvalue weighted by atomic mass is 9.85. The van der Waals surface area contributed by atoms with Gasteiger partial charge in [0.05, 0.1) is 6.04 Å². The third kappa shape index (κ3) is 12.1. The number of rotatable bonds is 8. The maximum atomic E-state index is 13.2. The maximum absolute atomic E-state index is 13.2. The number of nitrogens with one attached hydrogen (secondary N) is 1. The van der Waals surface area contributed by atoms with Gasteiger partial charge in [-0.15, -0.1) is 0 Å². The Morgan fingerprint density at radius 3 is 1.93 bits per heavy atom. The predicted octanol–water partition coefficient (Wildman–Crippen LogP) is 1.70. The van der Waals surface area contributed by atoms with Crippen molar-refractivity contribution in [2.24, 2.45) is 11.3 Å². The number of amides is 3. The van der Waals surface area contributed by atoms with Gasteiger partial charge in [0.1, 0.15) is 6.04 Å². The fourth-order valence-corrected chi connectivity index (χ4v) is 5.67. The molecule has 3 fully saturated rings. The van der Waals surface area contributed by atoms with Crippen molar-refractivity contribution < 1.29 is 29.8 Å². The number of hydrogen-bond donors (Lipinski definition) is 2. The molecule has 3 rings (SSSR count). The summed E-state index contributed by atoms with van der Waals surface area (Å²) in [5, 5.41) is 9.60. The lowest BCUT2D eigenvalue weighted by Crippen LogP contribution is -2.58. The van der Waals surface area contributed by atoms with Crippen molar-refractivity contribution >= 4 is 24.7 Å². The van der Waals surface area contributed by atoms with Crippen molar-refractivity contribution in [1.29, 1.82) is 0 Å². The van der Waals surface area contributed by atoms with Gasteiger partial charge < -0.3 is 30.6 Å². The molecule has 0 spiro atoms. The highest BCUT2D eigenvalue weighted by Gasteiger charge is 2.39. The van der Waals surface area contributed by atoms with Crippen LogP contribution in [0.5, 0.6) is 0 Å². The second kappa shape index (κ2) is 19.0. The average Bonchev–Trinajstić information content (AvgIpc) is 3.58. The van der Waals surface area contributed by atoms with Gasteiger partial charge >= 0.3 is 0 Å². The summed E-state index contributed by atoms with van der Waals surface area (Å²) in [5.74, 6) is 0.417. The molecule has 3 amide bonds. The summed E-state index contributed by atoms with van der Waals surface area (Å²) in [6.07, 6.45) is 9.00. The summed E-state index contributed by atoms with van der Waals surface area (Å²) in [4.78, 5) is 54.1. The Hall–Kier alpha value is -2.24. The summed E-state index contributed by atoms with van der Waals surface area (Å²) in [7, 11) is 4.02. The first-order valence-corrected chi connectivity index (χ1v) is 14.6. The zero-order valence-corrected chi connectivity index (χ0v) is 26.0. The molecule has 40 heavy (non-hydrogen) atoms. The molecule has 0 unspecified atom stereocenters. The molecule has 0 aromatic heterocycles. The van der Waals surface area contributed by atoms with Gasteiger partial charge in [-0.3, -0.25) is 24.1 Å². The molecule has 3 saturated heterocycles. The lowest BCUT2D eigenvalue weighted by molar-refractivity contribution is -0.140. The van der Waals surface area contributed by atoms with Crippen LogP contribution in [0.4, 0.5) is 0 Å². The monoisotopic (exact) mass is 571 g/mol. The molecule has 3 aliphatic heterocycles. The van der Waals surface area contributed by atoms with E-state index in [-0.39, 0.29) is 47.2 Å². The summed E-state index contributed by atoms with van der Waals surface area (Å²) in [6.45, 7) is 15.8. The first kappa shape index (κ1) is 37.8. The topological polar surface area (TPSA) is 145 Å². The van der Waals surface area contributed by atoms with Crippen LogP contribution in [0, 0.1) is 11.3 Å². The average molecular weight is 572 g/mol. The summed E-state index contributed by atoms with van der Waals surface area (Å²) < 4.78 is 0. The van der Waals surface area contributed by atoms with Gasteiger partial charge in [-0.2, -0.15) is 0 Å². The normalized spacial score (nSPS) is 21.1. The van der Waals surface area contributed by atoms with Crippen molar-refractivity contribution in [3.05, 3.63) is 0 Å². The summed E-state index contributed by atoms with van der Waals surface area (Å²) in [6, 6.07) is -0.663. The number of piperidine rings is 1. The number of likely N-dealkylation sites (N-methyl/N-ethyl adjacent to an activating group) is 1. The first-order valence-electron chi connectivity index (χ1n) is 14.6. The van der Waals surface area contributed by atoms with Crippen molar-refractivity contribution in [3.8, 4) is 0 Å². The molecular formula is C29H57N5O6. The Bertz CT molecular complexity index is 748. The van der Waals surface area contributed by atoms with Crippen molar-refractivity contribution in [2.45, 2.75) is 97.7 Å². The summed E-state index contributed by atoms with van der Waals surface area (Å²) >= 11 is 0. The fraction of sp³-hybridized carbons (Fsp3) is 0.862. The SMILES string of the molecule is CC(C)[C@@H](CN1CCC[C@H]1C(=O)N1CCCC1)N(C)C(=O)[C@@H](NC=O)C(C)(C)C.CN1CCCCC1.O.O=CO. The third-order valence-electron chi connectivity index (χ3n) is 8.03. The first-order chi connectivity index (χ1) is 18.4. The molecule has 3 aliphatic rings. The van der Waals surface area contributed by atoms with Crippen LogP contribution in [0.25, 0.3) is 0 Å². The van der Waals surface area contributed by atoms with E-state index in [2.05, 4.69) is 36.0 Å². The quantitative estimate of drug-likeness (QED) is 0.422. The van der Waals surface area contributed by atoms with E-state index in [0.717, 1.165) is 45.3 Å². The number of hydrogen-bond acceptors (Lipinski definition) is 6. The zero-order valence-electron chi connectivity index (χ0n) is 26.0. The van der Waals surface area contributed by atoms with Gasteiger partial charge in [0, 0.05) is 32.7 Å². The molecule has 0 saturated carbocycles. The van der Waals surface area contributed by atoms with Crippen LogP contribution >= 0.6 is 0 Å². The molecule has 0 aromatic carbocycles. The number of carbonyl (C=O) groups excluding carboxylic acids is 3. The van der Waals surface area contributed by atoms with Gasteiger partial charge in [-0.1, -0.05) is 41.0 Å². The minimum Gasteiger partial charge on any atom is -0.483 e. The van der Waals surface area contributed by atoms with E-state index in [1.54, 1.807) is 4.90 Å². The maximum Gasteiger partial charge on any atom is 0.290 e. The van der Waals surface area contributed by atoms with Crippen LogP contribution in [0.1, 0.15) is 79.6 Å². The van der Waals surface area contributed by atoms with Gasteiger partial charge in [0.25, 0.3) is 6.47 Å². The largest absolute Gasteiger partial charge is 0.483 e. The fourth-order valence-electron chi connectivity index (χ4n) is 5.67. The lowest BCUT2D eigenvalue weighted by Gasteiger charge is -2.40. The van der Waals surface area contributed by atoms with Crippen LogP contribution in [0.15, 0.2) is 0 Å². The van der Waals surface area contributed by atoms with Crippen molar-refractivity contribution in [2.75, 3.05) is 53.4 Å². The van der Waals surface area contributed by atoms with E-state index in [1.807, 2.05) is 32.7 Å². The molecule has 3 atom stereocenters. The number of likely N-dealkylation sites (tertiary alicyclic amines) is 3. The van der Waals surface area contributed by atoms with Crippen molar-refractivity contribution in [3.63, 3.8) is 0 Å². The molecule has 234 valence electrons. The van der Waals surface area contributed by atoms with Crippen LogP contribution in [-0.4, -0.2) is 126 Å². The minimum absolute atomic E-state index is 0. The Morgan fingerprint density at radius 2 is 1.50 bits per heavy atom. The van der Waals surface area contributed by atoms with Gasteiger partial charge in [-0.25, -0.2) is 0 Å². The van der Waals surface area contributed by atoms with E-state index in [1.165, 1.54) is 32.4 Å². The van der Waals surface area contributed by atoms with Crippen LogP contribution < -0.4 is 5.32 Å². The van der Waals surface area contributed by atoms with E-state index in [0.29, 0.717) is 13.0 Å². The molecule has 0 bridgehead atoms. The third-order valence-corrected chi connectivity index (χ3v) is 8.03. The standard InChI is InChI=1S/C22H40N4O3.C6H13N.CH2O2.H2O/c1-16(2)18(24(6)21(29)19(23-15-27)22(3,4)5)14-26-13-9-10-17(26)20(28)25-11-7-8-12-25;1-7-5-3-2-4-6-7;2-1-3;/h15-19H,7-14H2,1-6H3,(H,23,27);2-6H2,1H3;1H,(H,2,3);1H2/t17-,18+,19+;;;/m0.../s1. The molecule has 3 heterocycles. The smallest absolute Gasteiger partial charge is 0.290 e. The molecule has 0 aliphatic carbocycles. The second-order valence-corrected chi connectivity index (χ2v) is 12.5. The Balaban J connectivity index is 0.00000117. The predicted molar refractivity (Wildman–Crippen MR) is 158 cm³/mol. The number of carbonyl (C=O) groups is 4. The van der Waals surface area contributed by atoms with Crippen LogP contribution in [0.2, 0.25) is 0 Å². The van der Waals surface area contributed by atoms with Crippen molar-refractivity contribution in [1.82, 2.24) is 24.9 Å².